The molecule has 11 bridgehead atoms. The highest BCUT2D eigenvalue weighted by Crippen LogP contribution is 2.50. The number of halogens is 2. The standard InChI is InChI=1S/C66H75Cl2N9O24.C2H4O3/c1-23(2)12-34(71-5)58(88)76-49-51(83)26-7-10-38(32(67)14-26)97-40-16-28-17-41(55(40)101-65-56(54(86)53(85)42(22-78)99-65)100-44-21-66(4,70)57(87)24(3)96-44)98-39-11-8-27(15-33(39)68)52(84)50-63(93)75-48(64(94)95)31-18-29(79)19-37(81)45(31)30-13-25(6-9-36(30)80)46(60(90)77-50)74-61(91)47(28)73-59(89)35(20-43(69)82)72-62(49)92;1-2(3)5-4/h6-11,13-19,23-24,34-35,42,44,46-54,56-57,65,71,78-81,83-87H,12,20-22,70H2,1-5H3,(H2,69,82)(H,72,92)(H,73,89)(H,74,91)(H,75,93)(H,76,88)(H,77,90)(H,94,95);4H,1H3/t24-,34+,35-,42+,44-,46+,47+,48+,49+,50-,51+,52+,53+,54-,56+,57?,65-,66-;/m0./s1. The van der Waals surface area contributed by atoms with Gasteiger partial charge < -0.3 is 133 Å². The van der Waals surface area contributed by atoms with Crippen molar-refractivity contribution in [3.63, 3.8) is 0 Å². The molecule has 0 aromatic heterocycles. The van der Waals surface area contributed by atoms with Crippen LogP contribution >= 0.6 is 23.2 Å². The van der Waals surface area contributed by atoms with Crippen molar-refractivity contribution in [2.75, 3.05) is 13.7 Å². The van der Waals surface area contributed by atoms with Crippen LogP contribution in [0.25, 0.3) is 11.1 Å². The Balaban J connectivity index is 0.00000251. The zero-order valence-electron chi connectivity index (χ0n) is 57.1. The predicted octanol–water partition coefficient (Wildman–Crippen LogP) is 0.129. The number of nitrogens with two attached hydrogens (primary N) is 2. The van der Waals surface area contributed by atoms with E-state index >= 15 is 14.4 Å². The SMILES string of the molecule is CC(=O)OO.CN[C@H](CC(C)C)C(=O)N[C@H]1C(=O)N[C@@H](CC(N)=O)C(=O)N[C@H]2C(=O)N[C@H]3C(=O)N[C@H](C(=O)N[C@@H](C(=O)O)c4cc(O)cc(O)c4-c4cc3ccc4O)[C@H](O)c3ccc(c(Cl)c3)Oc3cc2cc(c3O[C@@H]2O[C@H](CO)[C@@H](O)[C@H](O)[C@H]2O[C@H]2C[C@](C)(N)C(O)[C@H](C)O2)Oc2ccc(cc2Cl)[C@H]1O. The number of aliphatic hydroxyl groups excluding tert-OH is 6. The normalized spacial score (nSPS) is 28.4. The number of phenols is 3. The summed E-state index contributed by atoms with van der Waals surface area (Å²) in [6.45, 7) is 6.77. The number of likely N-dealkylation sites (N-methyl/N-ethyl adjacent to an activating group) is 1. The third-order valence-corrected chi connectivity index (χ3v) is 18.5. The molecule has 7 aliphatic rings. The number of carboxylic acid groups (broad SMARTS) is 1. The van der Waals surface area contributed by atoms with Gasteiger partial charge in [0.15, 0.2) is 29.9 Å². The molecule has 572 valence electrons. The first-order valence-corrected chi connectivity index (χ1v) is 33.5. The van der Waals surface area contributed by atoms with E-state index in [-0.39, 0.29) is 46.2 Å². The maximum Gasteiger partial charge on any atom is 0.339 e. The first-order valence-electron chi connectivity index (χ1n) is 32.7. The fraction of sp³-hybridized carbons (Fsp3) is 0.426. The summed E-state index contributed by atoms with van der Waals surface area (Å²) in [5.74, 6) is -16.7. The Hall–Kier alpha value is -9.77. The minimum absolute atomic E-state index is 0.0975. The number of aliphatic carboxylic acids is 1. The second-order valence-electron chi connectivity index (χ2n) is 26.3. The third kappa shape index (κ3) is 17.8. The van der Waals surface area contributed by atoms with Crippen LogP contribution in [-0.4, -0.2) is 202 Å². The van der Waals surface area contributed by atoms with Crippen LogP contribution in [0.5, 0.6) is 46.0 Å². The maximum atomic E-state index is 16.0. The number of hydrogen-bond acceptors (Lipinski definition) is 28. The number of carbonyl (C=O) groups is 9. The Bertz CT molecular complexity index is 4210. The quantitative estimate of drug-likeness (QED) is 0.0550. The zero-order chi connectivity index (χ0) is 77.8. The van der Waals surface area contributed by atoms with Gasteiger partial charge in [-0.25, -0.2) is 9.59 Å². The third-order valence-electron chi connectivity index (χ3n) is 17.9. The molecule has 7 aliphatic heterocycles. The Morgan fingerprint density at radius 2 is 1.30 bits per heavy atom. The Kier molecular flexibility index (Phi) is 25.3. The summed E-state index contributed by atoms with van der Waals surface area (Å²) >= 11 is 14.1. The van der Waals surface area contributed by atoms with Crippen molar-refractivity contribution >= 4 is 76.5 Å². The highest BCUT2D eigenvalue weighted by molar-refractivity contribution is 6.32. The second kappa shape index (κ2) is 33.4. The van der Waals surface area contributed by atoms with E-state index in [2.05, 4.69) is 42.1 Å². The highest BCUT2D eigenvalue weighted by atomic mass is 35.5. The minimum atomic E-state index is -2.35. The smallest absolute Gasteiger partial charge is 0.339 e. The van der Waals surface area contributed by atoms with E-state index in [4.69, 9.17) is 68.3 Å². The highest BCUT2D eigenvalue weighted by Gasteiger charge is 2.51. The van der Waals surface area contributed by atoms with E-state index in [0.717, 1.165) is 73.7 Å². The van der Waals surface area contributed by atoms with Crippen molar-refractivity contribution in [2.24, 2.45) is 17.4 Å². The summed E-state index contributed by atoms with van der Waals surface area (Å²) < 4.78 is 38.3. The van der Waals surface area contributed by atoms with E-state index in [9.17, 15) is 79.8 Å². The summed E-state index contributed by atoms with van der Waals surface area (Å²) in [5.41, 5.74) is 8.00. The van der Waals surface area contributed by atoms with Crippen molar-refractivity contribution in [3.8, 4) is 57.1 Å². The van der Waals surface area contributed by atoms with Gasteiger partial charge in [0.25, 0.3) is 0 Å². The van der Waals surface area contributed by atoms with Gasteiger partial charge in [0.05, 0.1) is 41.3 Å². The van der Waals surface area contributed by atoms with Gasteiger partial charge in [0.2, 0.25) is 53.4 Å². The molecule has 0 spiro atoms. The number of ether oxygens (including phenoxy) is 6. The Morgan fingerprint density at radius 3 is 1.86 bits per heavy atom. The van der Waals surface area contributed by atoms with Crippen LogP contribution in [0.4, 0.5) is 0 Å². The molecule has 0 saturated carbocycles. The first-order chi connectivity index (χ1) is 49.9. The van der Waals surface area contributed by atoms with Crippen molar-refractivity contribution in [3.05, 3.63) is 117 Å². The van der Waals surface area contributed by atoms with Gasteiger partial charge in [-0.15, -0.1) is 0 Å². The summed E-state index contributed by atoms with van der Waals surface area (Å²) in [6.07, 6.45) is -18.6. The molecule has 2 fully saturated rings. The first kappa shape index (κ1) is 80.3. The lowest BCUT2D eigenvalue weighted by Gasteiger charge is -2.47. The predicted molar refractivity (Wildman–Crippen MR) is 364 cm³/mol. The molecule has 0 radical (unpaired) electrons. The number of aliphatic hydroxyl groups is 6. The number of nitrogens with one attached hydrogen (secondary N) is 7. The summed E-state index contributed by atoms with van der Waals surface area (Å²) in [4.78, 5) is 129. The number of rotatable bonds is 13. The summed E-state index contributed by atoms with van der Waals surface area (Å²) in [7, 11) is 1.47. The van der Waals surface area contributed by atoms with Gasteiger partial charge in [-0.3, -0.25) is 33.6 Å². The molecule has 0 aliphatic carbocycles. The minimum Gasteiger partial charge on any atom is -0.508 e. The Morgan fingerprint density at radius 1 is 0.717 bits per heavy atom. The number of amides is 7. The van der Waals surface area contributed by atoms with Crippen LogP contribution in [0.2, 0.25) is 10.0 Å². The molecule has 12 rings (SSSR count). The van der Waals surface area contributed by atoms with Crippen LogP contribution in [0.15, 0.2) is 78.9 Å². The van der Waals surface area contributed by atoms with Gasteiger partial charge in [0, 0.05) is 41.6 Å². The topological polar surface area (TPSA) is 577 Å². The van der Waals surface area contributed by atoms with Crippen LogP contribution in [0, 0.1) is 5.92 Å². The van der Waals surface area contributed by atoms with Crippen molar-refractivity contribution in [1.29, 1.82) is 0 Å². The number of primary amides is 1. The van der Waals surface area contributed by atoms with Crippen LogP contribution in [0.1, 0.15) is 112 Å². The lowest BCUT2D eigenvalue weighted by Crippen LogP contribution is -2.64. The van der Waals surface area contributed by atoms with Crippen LogP contribution < -0.4 is 62.9 Å². The van der Waals surface area contributed by atoms with Crippen LogP contribution in [-0.2, 0) is 62.2 Å². The van der Waals surface area contributed by atoms with Crippen molar-refractivity contribution in [1.82, 2.24) is 37.2 Å². The molecule has 38 heteroatoms. The molecule has 106 heavy (non-hydrogen) atoms. The monoisotopic (exact) mass is 1520 g/mol. The Labute approximate surface area is 612 Å². The zero-order valence-corrected chi connectivity index (χ0v) is 58.6. The lowest BCUT2D eigenvalue weighted by molar-refractivity contribution is -0.333. The summed E-state index contributed by atoms with van der Waals surface area (Å²) in [6, 6.07) is -0.679. The van der Waals surface area contributed by atoms with E-state index < -0.39 is 243 Å². The number of carboxylic acids is 1. The summed E-state index contributed by atoms with van der Waals surface area (Å²) in [5, 5.41) is 138. The van der Waals surface area contributed by atoms with Gasteiger partial charge in [-0.1, -0.05) is 55.2 Å². The van der Waals surface area contributed by atoms with E-state index in [1.807, 2.05) is 13.8 Å². The molecule has 5 aromatic carbocycles. The van der Waals surface area contributed by atoms with Crippen molar-refractivity contribution < 1.29 is 133 Å². The second-order valence-corrected chi connectivity index (χ2v) is 27.1. The van der Waals surface area contributed by atoms with Gasteiger partial charge in [-0.05, 0) is 110 Å². The van der Waals surface area contributed by atoms with E-state index in [0.29, 0.717) is 0 Å². The number of fused-ring (bicyclic) bond motifs is 15. The molecule has 18 atom stereocenters. The molecule has 36 nitrogen and oxygen atoms in total. The molecular formula is C68H79Cl2N9O27. The number of carbonyl (C=O) groups excluding carboxylic acids is 8. The largest absolute Gasteiger partial charge is 0.508 e. The fourth-order valence-corrected chi connectivity index (χ4v) is 12.9. The van der Waals surface area contributed by atoms with E-state index in [1.54, 1.807) is 0 Å². The number of benzene rings is 5. The fourth-order valence-electron chi connectivity index (χ4n) is 12.5. The molecule has 5 aromatic rings. The van der Waals surface area contributed by atoms with Gasteiger partial charge in [-0.2, -0.15) is 5.26 Å². The maximum absolute atomic E-state index is 16.0. The molecule has 22 N–H and O–H groups in total. The van der Waals surface area contributed by atoms with Crippen LogP contribution in [0.3, 0.4) is 0 Å². The molecule has 7 heterocycles. The van der Waals surface area contributed by atoms with Crippen molar-refractivity contribution in [2.45, 2.75) is 163 Å². The number of hydrogen-bond donors (Lipinski definition) is 20. The molecule has 1 unspecified atom stereocenters. The molecule has 2 saturated heterocycles. The van der Waals surface area contributed by atoms with Gasteiger partial charge >= 0.3 is 11.9 Å². The number of phenolic OH excluding ortho intramolecular Hbond substituents is 3. The number of aromatic hydroxyl groups is 3. The lowest BCUT2D eigenvalue weighted by atomic mass is 9.86. The van der Waals surface area contributed by atoms with E-state index in [1.165, 1.54) is 33.0 Å². The molecular weight excluding hydrogens is 1450 g/mol. The van der Waals surface area contributed by atoms with Gasteiger partial charge in [0.1, 0.15) is 89.5 Å². The average Bonchev–Trinajstić information content (AvgIpc) is 0.767. The average molecular weight is 1530 g/mol. The molecule has 7 amide bonds.